The molecule has 1 aromatic heterocycles. The lowest BCUT2D eigenvalue weighted by molar-refractivity contribution is -0.127. The van der Waals surface area contributed by atoms with Crippen LogP contribution in [0.5, 0.6) is 5.75 Å². The first-order valence-corrected chi connectivity index (χ1v) is 8.91. The number of aromatic nitrogens is 1. The maximum atomic E-state index is 12.5. The largest absolute Gasteiger partial charge is 0.479 e. The molecule has 0 bridgehead atoms. The van der Waals surface area contributed by atoms with Gasteiger partial charge in [-0.05, 0) is 43.3 Å². The highest BCUT2D eigenvalue weighted by Crippen LogP contribution is 2.33. The van der Waals surface area contributed by atoms with E-state index in [0.29, 0.717) is 28.8 Å². The third-order valence-corrected chi connectivity index (χ3v) is 4.45. The predicted molar refractivity (Wildman–Crippen MR) is 104 cm³/mol. The van der Waals surface area contributed by atoms with Gasteiger partial charge < -0.3 is 14.5 Å². The average molecular weight is 377 g/mol. The van der Waals surface area contributed by atoms with Crippen molar-refractivity contribution in [3.05, 3.63) is 60.6 Å². The monoisotopic (exact) mass is 377 g/mol. The van der Waals surface area contributed by atoms with Gasteiger partial charge in [-0.2, -0.15) is 0 Å². The number of ether oxygens (including phenoxy) is 1. The molecule has 0 fully saturated rings. The van der Waals surface area contributed by atoms with Crippen LogP contribution in [0.3, 0.4) is 0 Å². The van der Waals surface area contributed by atoms with Crippen LogP contribution in [0.4, 0.5) is 11.4 Å². The van der Waals surface area contributed by atoms with Gasteiger partial charge in [0, 0.05) is 18.2 Å². The Morgan fingerprint density at radius 3 is 2.64 bits per heavy atom. The van der Waals surface area contributed by atoms with Gasteiger partial charge in [-0.15, -0.1) is 0 Å². The Labute approximate surface area is 161 Å². The number of anilines is 2. The molecule has 28 heavy (non-hydrogen) atoms. The molecule has 1 atom stereocenters. The number of benzene rings is 2. The van der Waals surface area contributed by atoms with E-state index < -0.39 is 6.10 Å². The first kappa shape index (κ1) is 17.8. The first-order chi connectivity index (χ1) is 13.5. The van der Waals surface area contributed by atoms with E-state index in [2.05, 4.69) is 10.3 Å². The number of carbonyl (C=O) groups is 2. The second-order valence-electron chi connectivity index (χ2n) is 6.52. The minimum atomic E-state index is -0.632. The summed E-state index contributed by atoms with van der Waals surface area (Å²) in [5.74, 6) is 1.32. The number of nitrogens with one attached hydrogen (secondary N) is 1. The van der Waals surface area contributed by atoms with Crippen molar-refractivity contribution in [2.24, 2.45) is 0 Å². The van der Waals surface area contributed by atoms with E-state index in [4.69, 9.17) is 9.15 Å². The molecule has 2 heterocycles. The summed E-state index contributed by atoms with van der Waals surface area (Å²) in [5.41, 5.74) is 2.09. The Morgan fingerprint density at radius 2 is 1.93 bits per heavy atom. The van der Waals surface area contributed by atoms with Crippen molar-refractivity contribution in [3.8, 4) is 17.1 Å². The summed E-state index contributed by atoms with van der Waals surface area (Å²) in [4.78, 5) is 30.5. The SMILES string of the molecule is Cc1ncc(-c2ccc(NC(=O)CN3C(=O)[C@@H](C)Oc4ccccc43)cc2)o1. The maximum absolute atomic E-state index is 12.5. The second-order valence-corrected chi connectivity index (χ2v) is 6.52. The number of para-hydroxylation sites is 2. The number of hydrogen-bond donors (Lipinski definition) is 1. The maximum Gasteiger partial charge on any atom is 0.268 e. The zero-order valence-corrected chi connectivity index (χ0v) is 15.5. The summed E-state index contributed by atoms with van der Waals surface area (Å²) in [6.07, 6.45) is 1.03. The highest BCUT2D eigenvalue weighted by molar-refractivity contribution is 6.06. The van der Waals surface area contributed by atoms with E-state index >= 15 is 0 Å². The molecule has 7 heteroatoms. The van der Waals surface area contributed by atoms with Gasteiger partial charge in [-0.3, -0.25) is 14.5 Å². The standard InChI is InChI=1S/C21H19N3O4/c1-13-21(26)24(17-5-3-4-6-18(17)27-13)12-20(25)23-16-9-7-15(8-10-16)19-11-22-14(2)28-19/h3-11,13H,12H2,1-2H3,(H,23,25)/t13-/m1/s1. The topological polar surface area (TPSA) is 84.7 Å². The van der Waals surface area contributed by atoms with Crippen molar-refractivity contribution in [1.82, 2.24) is 4.98 Å². The molecular weight excluding hydrogens is 358 g/mol. The summed E-state index contributed by atoms with van der Waals surface area (Å²) in [5, 5.41) is 2.82. The molecule has 0 spiro atoms. The van der Waals surface area contributed by atoms with Crippen LogP contribution in [0, 0.1) is 6.92 Å². The number of oxazole rings is 1. The van der Waals surface area contributed by atoms with Crippen LogP contribution in [0.1, 0.15) is 12.8 Å². The van der Waals surface area contributed by atoms with Gasteiger partial charge in [0.25, 0.3) is 5.91 Å². The molecular formula is C21H19N3O4. The fraction of sp³-hybridized carbons (Fsp3) is 0.190. The van der Waals surface area contributed by atoms with Gasteiger partial charge >= 0.3 is 0 Å². The number of carbonyl (C=O) groups excluding carboxylic acids is 2. The smallest absolute Gasteiger partial charge is 0.268 e. The van der Waals surface area contributed by atoms with Gasteiger partial charge in [0.2, 0.25) is 5.91 Å². The van der Waals surface area contributed by atoms with Crippen molar-refractivity contribution in [2.45, 2.75) is 20.0 Å². The summed E-state index contributed by atoms with van der Waals surface area (Å²) >= 11 is 0. The van der Waals surface area contributed by atoms with E-state index in [0.717, 1.165) is 5.56 Å². The van der Waals surface area contributed by atoms with E-state index in [1.165, 1.54) is 4.90 Å². The normalized spacial score (nSPS) is 15.7. The highest BCUT2D eigenvalue weighted by atomic mass is 16.5. The Bertz CT molecular complexity index is 1030. The number of nitrogens with zero attached hydrogens (tertiary/aromatic N) is 2. The fourth-order valence-electron chi connectivity index (χ4n) is 3.08. The number of rotatable bonds is 4. The number of fused-ring (bicyclic) bond motifs is 1. The van der Waals surface area contributed by atoms with E-state index in [9.17, 15) is 9.59 Å². The molecule has 1 aliphatic heterocycles. The zero-order valence-electron chi connectivity index (χ0n) is 15.5. The van der Waals surface area contributed by atoms with Crippen molar-refractivity contribution in [2.75, 3.05) is 16.8 Å². The lowest BCUT2D eigenvalue weighted by atomic mass is 10.1. The first-order valence-electron chi connectivity index (χ1n) is 8.91. The van der Waals surface area contributed by atoms with Crippen LogP contribution < -0.4 is 15.0 Å². The second kappa shape index (κ2) is 7.19. The summed E-state index contributed by atoms with van der Waals surface area (Å²) in [6, 6.07) is 14.4. The van der Waals surface area contributed by atoms with Crippen LogP contribution in [-0.4, -0.2) is 29.4 Å². The molecule has 2 aromatic carbocycles. The van der Waals surface area contributed by atoms with Crippen molar-refractivity contribution in [1.29, 1.82) is 0 Å². The van der Waals surface area contributed by atoms with Gasteiger partial charge in [0.05, 0.1) is 11.9 Å². The fourth-order valence-corrected chi connectivity index (χ4v) is 3.08. The van der Waals surface area contributed by atoms with Gasteiger partial charge in [0.15, 0.2) is 17.8 Å². The van der Waals surface area contributed by atoms with Crippen molar-refractivity contribution in [3.63, 3.8) is 0 Å². The minimum Gasteiger partial charge on any atom is -0.479 e. The van der Waals surface area contributed by atoms with E-state index in [1.54, 1.807) is 50.4 Å². The Balaban J connectivity index is 1.46. The Kier molecular flexibility index (Phi) is 4.57. The molecule has 0 saturated heterocycles. The Hall–Kier alpha value is -3.61. The molecule has 2 amide bonds. The molecule has 4 rings (SSSR count). The molecule has 3 aromatic rings. The van der Waals surface area contributed by atoms with Crippen LogP contribution in [0.25, 0.3) is 11.3 Å². The zero-order chi connectivity index (χ0) is 19.7. The van der Waals surface area contributed by atoms with Crippen molar-refractivity contribution >= 4 is 23.2 Å². The highest BCUT2D eigenvalue weighted by Gasteiger charge is 2.32. The summed E-state index contributed by atoms with van der Waals surface area (Å²) < 4.78 is 11.1. The third-order valence-electron chi connectivity index (χ3n) is 4.45. The van der Waals surface area contributed by atoms with Crippen LogP contribution in [-0.2, 0) is 9.59 Å². The molecule has 1 aliphatic rings. The lowest BCUT2D eigenvalue weighted by Crippen LogP contribution is -2.47. The van der Waals surface area contributed by atoms with E-state index in [-0.39, 0.29) is 18.4 Å². The molecule has 0 radical (unpaired) electrons. The van der Waals surface area contributed by atoms with Gasteiger partial charge in [0.1, 0.15) is 12.3 Å². The lowest BCUT2D eigenvalue weighted by Gasteiger charge is -2.32. The van der Waals surface area contributed by atoms with Crippen LogP contribution >= 0.6 is 0 Å². The molecule has 0 saturated carbocycles. The number of aryl methyl sites for hydroxylation is 1. The summed E-state index contributed by atoms with van der Waals surface area (Å²) in [6.45, 7) is 3.36. The third kappa shape index (κ3) is 3.46. The minimum absolute atomic E-state index is 0.0907. The number of amides is 2. The molecule has 7 nitrogen and oxygen atoms in total. The summed E-state index contributed by atoms with van der Waals surface area (Å²) in [7, 11) is 0. The van der Waals surface area contributed by atoms with Crippen LogP contribution in [0.2, 0.25) is 0 Å². The Morgan fingerprint density at radius 1 is 1.18 bits per heavy atom. The molecule has 1 N–H and O–H groups in total. The molecule has 0 aliphatic carbocycles. The van der Waals surface area contributed by atoms with Crippen molar-refractivity contribution < 1.29 is 18.7 Å². The van der Waals surface area contributed by atoms with Gasteiger partial charge in [-0.25, -0.2) is 4.98 Å². The quantitative estimate of drug-likeness (QED) is 0.753. The predicted octanol–water partition coefficient (Wildman–Crippen LogP) is 3.40. The van der Waals surface area contributed by atoms with Gasteiger partial charge in [-0.1, -0.05) is 12.1 Å². The molecule has 142 valence electrons. The van der Waals surface area contributed by atoms with Crippen LogP contribution in [0.15, 0.2) is 59.1 Å². The van der Waals surface area contributed by atoms with E-state index in [1.807, 2.05) is 18.2 Å². The number of hydrogen-bond acceptors (Lipinski definition) is 5. The average Bonchev–Trinajstić information content (AvgIpc) is 3.12. The molecule has 0 unspecified atom stereocenters.